The number of pyridine rings is 1. The molecule has 5 aromatic rings. The Kier molecular flexibility index (Phi) is 13.4. The van der Waals surface area contributed by atoms with Gasteiger partial charge in [0.05, 0.1) is 22.8 Å². The summed E-state index contributed by atoms with van der Waals surface area (Å²) in [6.07, 6.45) is 16.8. The number of carbonyl (C=O) groups is 3. The van der Waals surface area contributed by atoms with Gasteiger partial charge in [-0.15, -0.1) is 0 Å². The maximum Gasteiger partial charge on any atom is 0.329 e. The van der Waals surface area contributed by atoms with Crippen molar-refractivity contribution in [3.8, 4) is 11.5 Å². The van der Waals surface area contributed by atoms with Gasteiger partial charge in [-0.1, -0.05) is 18.9 Å². The van der Waals surface area contributed by atoms with Crippen LogP contribution in [0, 0.1) is 11.8 Å². The van der Waals surface area contributed by atoms with Crippen molar-refractivity contribution in [3.63, 3.8) is 0 Å². The number of nitrogens with one attached hydrogen (secondary N) is 2. The van der Waals surface area contributed by atoms with Crippen LogP contribution in [0.3, 0.4) is 0 Å². The van der Waals surface area contributed by atoms with E-state index in [4.69, 9.17) is 14.3 Å². The number of amides is 3. The summed E-state index contributed by atoms with van der Waals surface area (Å²) in [7, 11) is 3.88. The summed E-state index contributed by atoms with van der Waals surface area (Å²) in [5.41, 5.74) is 3.81. The number of nitrogens with zero attached hydrogens (tertiary/aromatic N) is 7. The van der Waals surface area contributed by atoms with Gasteiger partial charge >= 0.3 is 5.69 Å². The van der Waals surface area contributed by atoms with E-state index in [9.17, 15) is 24.3 Å². The van der Waals surface area contributed by atoms with Crippen LogP contribution in [-0.4, -0.2) is 90.0 Å². The highest BCUT2D eigenvalue weighted by molar-refractivity contribution is 6.03. The van der Waals surface area contributed by atoms with Gasteiger partial charge in [0, 0.05) is 63.4 Å². The molecule has 0 spiro atoms. The average Bonchev–Trinajstić information content (AvgIpc) is 3.66. The minimum absolute atomic E-state index is 0.149. The Hall–Kier alpha value is -5.45. The number of carbonyl (C=O) groups excluding carboxylic acids is 3. The van der Waals surface area contributed by atoms with Gasteiger partial charge in [0.2, 0.25) is 17.7 Å². The van der Waals surface area contributed by atoms with Crippen molar-refractivity contribution >= 4 is 34.4 Å². The van der Waals surface area contributed by atoms with Crippen LogP contribution in [0.15, 0.2) is 58.2 Å². The molecule has 1 unspecified atom stereocenters. The number of ether oxygens (including phenoxy) is 1. The maximum absolute atomic E-state index is 13.4. The van der Waals surface area contributed by atoms with E-state index in [0.29, 0.717) is 48.3 Å². The smallest absolute Gasteiger partial charge is 0.329 e. The SMILES string of the molecule is CN(CCCOCCCc1ccc2c(c1)n(C)c(=O)n2C1CCC(=O)NC1=O)CC1CCC(n2cc(NC(=O)c3coc(-c4ccnc(CCC5CC5)c4)n3)c(C(C)(C)O)n2)CC1. The van der Waals surface area contributed by atoms with Crippen molar-refractivity contribution in [1.82, 2.24) is 39.1 Å². The largest absolute Gasteiger partial charge is 0.444 e. The number of hydrogen-bond acceptors (Lipinski definition) is 11. The van der Waals surface area contributed by atoms with Gasteiger partial charge in [-0.25, -0.2) is 9.78 Å². The van der Waals surface area contributed by atoms with Crippen molar-refractivity contribution in [2.75, 3.05) is 38.7 Å². The Morgan fingerprint density at radius 1 is 1.00 bits per heavy atom. The number of hydrogen-bond donors (Lipinski definition) is 3. The highest BCUT2D eigenvalue weighted by Gasteiger charge is 2.32. The molecule has 8 rings (SSSR count). The number of piperidine rings is 1. The van der Waals surface area contributed by atoms with Gasteiger partial charge in [-0.2, -0.15) is 5.10 Å². The molecule has 2 aliphatic carbocycles. The van der Waals surface area contributed by atoms with Gasteiger partial charge in [0.25, 0.3) is 5.91 Å². The van der Waals surface area contributed by atoms with Gasteiger partial charge in [-0.05, 0) is 127 Å². The molecular weight excluding hydrogens is 803 g/mol. The van der Waals surface area contributed by atoms with E-state index in [0.717, 1.165) is 99.1 Å². The molecule has 3 aliphatic rings. The average molecular weight is 864 g/mol. The molecule has 63 heavy (non-hydrogen) atoms. The fraction of sp³-hybridized carbons (Fsp3) is 0.553. The van der Waals surface area contributed by atoms with E-state index in [1.807, 2.05) is 41.2 Å². The molecule has 1 aromatic carbocycles. The second-order valence-electron chi connectivity index (χ2n) is 18.4. The summed E-state index contributed by atoms with van der Waals surface area (Å²) in [5, 5.41) is 21.1. The molecule has 0 radical (unpaired) electrons. The number of fused-ring (bicyclic) bond motifs is 1. The summed E-state index contributed by atoms with van der Waals surface area (Å²) in [6, 6.07) is 9.19. The molecule has 3 N–H and O–H groups in total. The molecule has 1 atom stereocenters. The molecule has 3 fully saturated rings. The first-order valence-electron chi connectivity index (χ1n) is 22.6. The number of imide groups is 1. The molecule has 336 valence electrons. The highest BCUT2D eigenvalue weighted by Crippen LogP contribution is 2.36. The van der Waals surface area contributed by atoms with Gasteiger partial charge in [0.1, 0.15) is 23.6 Å². The molecule has 5 heterocycles. The van der Waals surface area contributed by atoms with E-state index in [2.05, 4.69) is 32.5 Å². The molecule has 2 saturated carbocycles. The van der Waals surface area contributed by atoms with Gasteiger partial charge in [0.15, 0.2) is 5.69 Å². The molecular formula is C47H61N9O7. The number of aromatic nitrogens is 6. The van der Waals surface area contributed by atoms with Crippen molar-refractivity contribution in [3.05, 3.63) is 82.1 Å². The van der Waals surface area contributed by atoms with Gasteiger partial charge < -0.3 is 24.5 Å². The van der Waals surface area contributed by atoms with Crippen LogP contribution in [0.5, 0.6) is 0 Å². The van der Waals surface area contributed by atoms with E-state index in [1.165, 1.54) is 23.7 Å². The number of oxazole rings is 1. The Bertz CT molecular complexity index is 2480. The van der Waals surface area contributed by atoms with Crippen LogP contribution in [0.1, 0.15) is 124 Å². The summed E-state index contributed by atoms with van der Waals surface area (Å²) >= 11 is 0. The highest BCUT2D eigenvalue weighted by atomic mass is 16.5. The van der Waals surface area contributed by atoms with Crippen LogP contribution < -0.4 is 16.3 Å². The van der Waals surface area contributed by atoms with Crippen LogP contribution >= 0.6 is 0 Å². The number of rotatable bonds is 19. The van der Waals surface area contributed by atoms with Crippen molar-refractivity contribution < 1.29 is 28.6 Å². The third kappa shape index (κ3) is 10.7. The Labute approximate surface area is 367 Å². The standard InChI is InChI=1S/C47H61N9O7/c1-47(2,61)42-36(49-43(58)37-29-63-45(50-37)33-20-21-48-34(26-33)14-10-30-8-9-30)28-55(52-42)35-15-11-32(12-16-35)27-53(3)22-6-24-62-23-5-7-31-13-17-38-40(25-31)54(4)46(60)56(38)39-18-19-41(57)51-44(39)59/h13,17,20-21,25-26,28-30,32,35,39,61H,5-12,14-16,18-19,22-24,27H2,1-4H3,(H,49,58)(H,51,57,59). The number of benzene rings is 1. The fourth-order valence-corrected chi connectivity index (χ4v) is 9.16. The lowest BCUT2D eigenvalue weighted by molar-refractivity contribution is -0.135. The molecule has 1 aliphatic heterocycles. The lowest BCUT2D eigenvalue weighted by Gasteiger charge is -2.31. The lowest BCUT2D eigenvalue weighted by Crippen LogP contribution is -2.44. The molecule has 3 amide bonds. The zero-order valence-corrected chi connectivity index (χ0v) is 37.0. The molecule has 1 saturated heterocycles. The normalized spacial score (nSPS) is 19.6. The van der Waals surface area contributed by atoms with E-state index < -0.39 is 23.5 Å². The minimum Gasteiger partial charge on any atom is -0.444 e. The fourth-order valence-electron chi connectivity index (χ4n) is 9.16. The van der Waals surface area contributed by atoms with Crippen LogP contribution in [0.2, 0.25) is 0 Å². The van der Waals surface area contributed by atoms with E-state index >= 15 is 0 Å². The number of anilines is 1. The zero-order valence-electron chi connectivity index (χ0n) is 37.0. The second kappa shape index (κ2) is 19.1. The third-order valence-electron chi connectivity index (χ3n) is 12.9. The maximum atomic E-state index is 13.4. The summed E-state index contributed by atoms with van der Waals surface area (Å²) in [5.74, 6) is 0.587. The predicted octanol–water partition coefficient (Wildman–Crippen LogP) is 6.09. The predicted molar refractivity (Wildman–Crippen MR) is 237 cm³/mol. The zero-order chi connectivity index (χ0) is 44.3. The summed E-state index contributed by atoms with van der Waals surface area (Å²) in [6.45, 7) is 6.64. The number of aliphatic hydroxyl groups is 1. The minimum atomic E-state index is -1.27. The number of aryl methyl sites for hydroxylation is 3. The topological polar surface area (TPSA) is 192 Å². The summed E-state index contributed by atoms with van der Waals surface area (Å²) in [4.78, 5) is 62.0. The number of imidazole rings is 1. The Morgan fingerprint density at radius 3 is 2.54 bits per heavy atom. The second-order valence-corrected chi connectivity index (χ2v) is 18.4. The Morgan fingerprint density at radius 2 is 1.78 bits per heavy atom. The third-order valence-corrected chi connectivity index (χ3v) is 12.9. The quantitative estimate of drug-likeness (QED) is 0.0643. The van der Waals surface area contributed by atoms with Gasteiger partial charge in [-0.3, -0.25) is 38.5 Å². The van der Waals surface area contributed by atoms with Crippen LogP contribution in [0.4, 0.5) is 5.69 Å². The Balaban J connectivity index is 0.751. The first kappa shape index (κ1) is 44.2. The van der Waals surface area contributed by atoms with Crippen molar-refractivity contribution in [1.29, 1.82) is 0 Å². The monoisotopic (exact) mass is 863 g/mol. The van der Waals surface area contributed by atoms with Crippen LogP contribution in [0.25, 0.3) is 22.5 Å². The van der Waals surface area contributed by atoms with Crippen molar-refractivity contribution in [2.45, 2.75) is 115 Å². The first-order valence-corrected chi connectivity index (χ1v) is 22.6. The molecule has 0 bridgehead atoms. The first-order chi connectivity index (χ1) is 30.3. The molecule has 4 aromatic heterocycles. The van der Waals surface area contributed by atoms with Crippen LogP contribution in [-0.2, 0) is 39.8 Å². The van der Waals surface area contributed by atoms with E-state index in [1.54, 1.807) is 31.7 Å². The van der Waals surface area contributed by atoms with Crippen molar-refractivity contribution in [2.24, 2.45) is 18.9 Å². The summed E-state index contributed by atoms with van der Waals surface area (Å²) < 4.78 is 16.7. The van der Waals surface area contributed by atoms with E-state index in [-0.39, 0.29) is 29.8 Å². The lowest BCUT2D eigenvalue weighted by atomic mass is 9.86. The molecule has 16 heteroatoms. The molecule has 16 nitrogen and oxygen atoms in total.